The van der Waals surface area contributed by atoms with Gasteiger partial charge in [0.1, 0.15) is 0 Å². The molecule has 5 heteroatoms. The Morgan fingerprint density at radius 1 is 1.15 bits per heavy atom. The third-order valence-electron chi connectivity index (χ3n) is 3.67. The van der Waals surface area contributed by atoms with Crippen molar-refractivity contribution in [1.82, 2.24) is 10.6 Å². The molecule has 1 aliphatic heterocycles. The van der Waals surface area contributed by atoms with Crippen LogP contribution in [-0.2, 0) is 6.54 Å². The van der Waals surface area contributed by atoms with E-state index < -0.39 is 0 Å². The molecule has 0 amide bonds. The van der Waals surface area contributed by atoms with Crippen molar-refractivity contribution < 1.29 is 9.47 Å². The van der Waals surface area contributed by atoms with Crippen LogP contribution in [0.15, 0.2) is 18.2 Å². The van der Waals surface area contributed by atoms with Crippen LogP contribution in [0.2, 0.25) is 0 Å². The molecule has 0 bridgehead atoms. The lowest BCUT2D eigenvalue weighted by atomic mass is 9.98. The maximum atomic E-state index is 5.31. The summed E-state index contributed by atoms with van der Waals surface area (Å²) in [6, 6.07) is 6.07. The first-order valence-electron chi connectivity index (χ1n) is 6.96. The van der Waals surface area contributed by atoms with Gasteiger partial charge in [-0.1, -0.05) is 6.07 Å². The highest BCUT2D eigenvalue weighted by molar-refractivity contribution is 5.85. The molecular weight excluding hydrogens is 276 g/mol. The molecule has 1 aromatic rings. The molecule has 1 aliphatic rings. The fraction of sp³-hybridized carbons (Fsp3) is 0.600. The van der Waals surface area contributed by atoms with Crippen LogP contribution in [0, 0.1) is 5.92 Å². The summed E-state index contributed by atoms with van der Waals surface area (Å²) in [4.78, 5) is 0. The molecule has 2 N–H and O–H groups in total. The van der Waals surface area contributed by atoms with Crippen molar-refractivity contribution in [2.24, 2.45) is 5.92 Å². The van der Waals surface area contributed by atoms with E-state index in [1.807, 2.05) is 12.1 Å². The third kappa shape index (κ3) is 4.85. The van der Waals surface area contributed by atoms with Gasteiger partial charge in [0.15, 0.2) is 11.5 Å². The zero-order valence-corrected chi connectivity index (χ0v) is 13.1. The predicted molar refractivity (Wildman–Crippen MR) is 84.1 cm³/mol. The Morgan fingerprint density at radius 3 is 2.50 bits per heavy atom. The number of benzene rings is 1. The number of piperidine rings is 1. The lowest BCUT2D eigenvalue weighted by Crippen LogP contribution is -2.33. The van der Waals surface area contributed by atoms with Crippen molar-refractivity contribution in [2.75, 3.05) is 33.9 Å². The van der Waals surface area contributed by atoms with Crippen molar-refractivity contribution in [1.29, 1.82) is 0 Å². The fourth-order valence-electron chi connectivity index (χ4n) is 2.50. The summed E-state index contributed by atoms with van der Waals surface area (Å²) in [5.41, 5.74) is 1.23. The average Bonchev–Trinajstić information content (AvgIpc) is 2.48. The summed E-state index contributed by atoms with van der Waals surface area (Å²) in [6.45, 7) is 4.28. The Bertz CT molecular complexity index is 395. The topological polar surface area (TPSA) is 42.5 Å². The Kier molecular flexibility index (Phi) is 7.73. The van der Waals surface area contributed by atoms with E-state index in [0.717, 1.165) is 43.6 Å². The molecule has 0 spiro atoms. The predicted octanol–water partition coefficient (Wildman–Crippen LogP) is 2.21. The van der Waals surface area contributed by atoms with Gasteiger partial charge in [0.25, 0.3) is 0 Å². The second kappa shape index (κ2) is 9.06. The minimum atomic E-state index is 0. The fourth-order valence-corrected chi connectivity index (χ4v) is 2.50. The summed E-state index contributed by atoms with van der Waals surface area (Å²) < 4.78 is 10.6. The van der Waals surface area contributed by atoms with Crippen LogP contribution in [0.4, 0.5) is 0 Å². The average molecular weight is 301 g/mol. The highest BCUT2D eigenvalue weighted by Gasteiger charge is 2.12. The van der Waals surface area contributed by atoms with Gasteiger partial charge >= 0.3 is 0 Å². The van der Waals surface area contributed by atoms with Gasteiger partial charge in [-0.2, -0.15) is 0 Å². The molecule has 114 valence electrons. The summed E-state index contributed by atoms with van der Waals surface area (Å²) in [7, 11) is 3.33. The van der Waals surface area contributed by atoms with Gasteiger partial charge in [0, 0.05) is 6.54 Å². The Balaban J connectivity index is 0.00000200. The summed E-state index contributed by atoms with van der Waals surface area (Å²) in [6.07, 6.45) is 2.55. The second-order valence-corrected chi connectivity index (χ2v) is 5.01. The molecule has 0 atom stereocenters. The molecule has 0 unspecified atom stereocenters. The van der Waals surface area contributed by atoms with Crippen molar-refractivity contribution in [2.45, 2.75) is 19.4 Å². The summed E-state index contributed by atoms with van der Waals surface area (Å²) >= 11 is 0. The minimum absolute atomic E-state index is 0. The molecule has 1 saturated heterocycles. The highest BCUT2D eigenvalue weighted by Crippen LogP contribution is 2.27. The van der Waals surface area contributed by atoms with Gasteiger partial charge in [-0.25, -0.2) is 0 Å². The lowest BCUT2D eigenvalue weighted by molar-refractivity contribution is 0.351. The monoisotopic (exact) mass is 300 g/mol. The summed E-state index contributed by atoms with van der Waals surface area (Å²) in [5, 5.41) is 6.93. The van der Waals surface area contributed by atoms with E-state index in [1.165, 1.54) is 18.4 Å². The maximum Gasteiger partial charge on any atom is 0.161 e. The molecule has 0 aromatic heterocycles. The van der Waals surface area contributed by atoms with Crippen molar-refractivity contribution in [3.63, 3.8) is 0 Å². The molecule has 0 saturated carbocycles. The van der Waals surface area contributed by atoms with Gasteiger partial charge in [0.2, 0.25) is 0 Å². The van der Waals surface area contributed by atoms with Crippen LogP contribution < -0.4 is 20.1 Å². The van der Waals surface area contributed by atoms with E-state index in [0.29, 0.717) is 0 Å². The van der Waals surface area contributed by atoms with E-state index >= 15 is 0 Å². The third-order valence-corrected chi connectivity index (χ3v) is 3.67. The Morgan fingerprint density at radius 2 is 1.85 bits per heavy atom. The first-order chi connectivity index (χ1) is 9.33. The van der Waals surface area contributed by atoms with Crippen molar-refractivity contribution >= 4 is 12.4 Å². The van der Waals surface area contributed by atoms with Crippen LogP contribution in [0.1, 0.15) is 18.4 Å². The number of hydrogen-bond acceptors (Lipinski definition) is 4. The molecule has 1 aromatic carbocycles. The molecule has 20 heavy (non-hydrogen) atoms. The first kappa shape index (κ1) is 17.1. The number of hydrogen-bond donors (Lipinski definition) is 2. The Labute approximate surface area is 127 Å². The number of methoxy groups -OCH3 is 2. The van der Waals surface area contributed by atoms with E-state index in [4.69, 9.17) is 9.47 Å². The van der Waals surface area contributed by atoms with Gasteiger partial charge in [-0.3, -0.25) is 0 Å². The summed E-state index contributed by atoms with van der Waals surface area (Å²) in [5.74, 6) is 2.38. The second-order valence-electron chi connectivity index (χ2n) is 5.01. The number of halogens is 1. The largest absolute Gasteiger partial charge is 0.493 e. The molecular formula is C15H25ClN2O2. The van der Waals surface area contributed by atoms with Crippen molar-refractivity contribution in [3.05, 3.63) is 23.8 Å². The SMILES string of the molecule is COc1ccc(CNCC2CCNCC2)cc1OC.Cl. The quantitative estimate of drug-likeness (QED) is 0.845. The standard InChI is InChI=1S/C15H24N2O2.ClH/c1-18-14-4-3-13(9-15(14)19-2)11-17-10-12-5-7-16-8-6-12;/h3-4,9,12,16-17H,5-8,10-11H2,1-2H3;1H. The maximum absolute atomic E-state index is 5.31. The van der Waals surface area contributed by atoms with E-state index in [2.05, 4.69) is 16.7 Å². The van der Waals surface area contributed by atoms with E-state index in [1.54, 1.807) is 14.2 Å². The molecule has 0 aliphatic carbocycles. The first-order valence-corrected chi connectivity index (χ1v) is 6.96. The zero-order chi connectivity index (χ0) is 13.5. The normalized spacial score (nSPS) is 15.5. The van der Waals surface area contributed by atoms with Crippen molar-refractivity contribution in [3.8, 4) is 11.5 Å². The van der Waals surface area contributed by atoms with Gasteiger partial charge in [0.05, 0.1) is 14.2 Å². The van der Waals surface area contributed by atoms with Crippen LogP contribution in [-0.4, -0.2) is 33.9 Å². The molecule has 2 rings (SSSR count). The van der Waals surface area contributed by atoms with Gasteiger partial charge in [-0.15, -0.1) is 12.4 Å². The highest BCUT2D eigenvalue weighted by atomic mass is 35.5. The number of ether oxygens (including phenoxy) is 2. The number of rotatable bonds is 6. The van der Waals surface area contributed by atoms with Crippen LogP contribution in [0.3, 0.4) is 0 Å². The number of nitrogens with one attached hydrogen (secondary N) is 2. The van der Waals surface area contributed by atoms with Gasteiger partial charge in [-0.05, 0) is 56.1 Å². The molecule has 1 heterocycles. The lowest BCUT2D eigenvalue weighted by Gasteiger charge is -2.22. The van der Waals surface area contributed by atoms with Crippen LogP contribution >= 0.6 is 12.4 Å². The molecule has 0 radical (unpaired) electrons. The molecule has 1 fully saturated rings. The Hall–Kier alpha value is -0.970. The molecule has 4 nitrogen and oxygen atoms in total. The van der Waals surface area contributed by atoms with Gasteiger partial charge < -0.3 is 20.1 Å². The van der Waals surface area contributed by atoms with E-state index in [9.17, 15) is 0 Å². The minimum Gasteiger partial charge on any atom is -0.493 e. The van der Waals surface area contributed by atoms with Crippen LogP contribution in [0.5, 0.6) is 11.5 Å². The smallest absolute Gasteiger partial charge is 0.161 e. The van der Waals surface area contributed by atoms with Crippen LogP contribution in [0.25, 0.3) is 0 Å². The zero-order valence-electron chi connectivity index (χ0n) is 12.3. The van der Waals surface area contributed by atoms with E-state index in [-0.39, 0.29) is 12.4 Å².